The zero-order valence-electron chi connectivity index (χ0n) is 10.4. The van der Waals surface area contributed by atoms with Crippen molar-refractivity contribution >= 4 is 16.2 Å². The van der Waals surface area contributed by atoms with Crippen LogP contribution in [0.25, 0.3) is 0 Å². The SMILES string of the molecule is CCOS(=O)(=O)O[C@H]1C(=O)[C@H]2C[C@@H]1c1ccccc12. The van der Waals surface area contributed by atoms with Crippen molar-refractivity contribution in [3.8, 4) is 0 Å². The van der Waals surface area contributed by atoms with Gasteiger partial charge in [0.15, 0.2) is 5.78 Å². The molecule has 0 unspecified atom stereocenters. The zero-order chi connectivity index (χ0) is 13.6. The topological polar surface area (TPSA) is 69.7 Å². The van der Waals surface area contributed by atoms with Crippen molar-refractivity contribution in [3.05, 3.63) is 35.4 Å². The van der Waals surface area contributed by atoms with E-state index in [9.17, 15) is 13.2 Å². The first-order valence-electron chi connectivity index (χ1n) is 6.23. The Morgan fingerprint density at radius 2 is 1.95 bits per heavy atom. The normalized spacial score (nSPS) is 28.7. The van der Waals surface area contributed by atoms with Gasteiger partial charge in [-0.15, -0.1) is 0 Å². The molecule has 0 radical (unpaired) electrons. The monoisotopic (exact) mass is 282 g/mol. The molecule has 0 spiro atoms. The summed E-state index contributed by atoms with van der Waals surface area (Å²) >= 11 is 0. The molecule has 3 rings (SSSR count). The van der Waals surface area contributed by atoms with Crippen LogP contribution in [0.5, 0.6) is 0 Å². The zero-order valence-corrected chi connectivity index (χ0v) is 11.2. The van der Waals surface area contributed by atoms with Crippen LogP contribution in [-0.2, 0) is 23.6 Å². The van der Waals surface area contributed by atoms with Gasteiger partial charge >= 0.3 is 10.4 Å². The summed E-state index contributed by atoms with van der Waals surface area (Å²) in [6.07, 6.45) is -0.304. The van der Waals surface area contributed by atoms with E-state index in [2.05, 4.69) is 4.18 Å². The fourth-order valence-electron chi connectivity index (χ4n) is 3.04. The van der Waals surface area contributed by atoms with Gasteiger partial charge in [0.05, 0.1) is 6.61 Å². The molecule has 3 atom stereocenters. The van der Waals surface area contributed by atoms with Gasteiger partial charge in [-0.1, -0.05) is 24.3 Å². The van der Waals surface area contributed by atoms with Crippen LogP contribution in [0.3, 0.4) is 0 Å². The Morgan fingerprint density at radius 3 is 2.63 bits per heavy atom. The molecule has 5 nitrogen and oxygen atoms in total. The van der Waals surface area contributed by atoms with Crippen LogP contribution >= 0.6 is 0 Å². The van der Waals surface area contributed by atoms with E-state index in [-0.39, 0.29) is 24.2 Å². The Morgan fingerprint density at radius 1 is 1.26 bits per heavy atom. The van der Waals surface area contributed by atoms with Gasteiger partial charge in [0, 0.05) is 11.8 Å². The quantitative estimate of drug-likeness (QED) is 0.837. The van der Waals surface area contributed by atoms with Gasteiger partial charge in [-0.3, -0.25) is 4.79 Å². The minimum absolute atomic E-state index is 0.00603. The highest BCUT2D eigenvalue weighted by molar-refractivity contribution is 7.81. The fraction of sp³-hybridized carbons (Fsp3) is 0.462. The molecule has 0 aliphatic heterocycles. The molecule has 102 valence electrons. The number of hydrogen-bond acceptors (Lipinski definition) is 5. The number of hydrogen-bond donors (Lipinski definition) is 0. The number of ketones is 1. The molecule has 2 aliphatic rings. The maximum absolute atomic E-state index is 12.2. The summed E-state index contributed by atoms with van der Waals surface area (Å²) < 4.78 is 32.5. The lowest BCUT2D eigenvalue weighted by Gasteiger charge is -2.22. The predicted molar refractivity (Wildman–Crippen MR) is 67.0 cm³/mol. The summed E-state index contributed by atoms with van der Waals surface area (Å²) in [4.78, 5) is 12.2. The number of carbonyl (C=O) groups is 1. The Labute approximate surface area is 111 Å². The van der Waals surface area contributed by atoms with Gasteiger partial charge in [0.25, 0.3) is 0 Å². The molecule has 2 aliphatic carbocycles. The van der Waals surface area contributed by atoms with Crippen LogP contribution in [0.2, 0.25) is 0 Å². The third kappa shape index (κ3) is 2.00. The molecule has 19 heavy (non-hydrogen) atoms. The Balaban J connectivity index is 1.90. The molecule has 0 heterocycles. The molecule has 1 fully saturated rings. The van der Waals surface area contributed by atoms with E-state index in [1.54, 1.807) is 6.92 Å². The number of benzene rings is 1. The summed E-state index contributed by atoms with van der Waals surface area (Å²) in [7, 11) is -4.09. The Hall–Kier alpha value is -1.24. The lowest BCUT2D eigenvalue weighted by Crippen LogP contribution is -2.32. The van der Waals surface area contributed by atoms with Crippen LogP contribution < -0.4 is 0 Å². The fourth-order valence-corrected chi connectivity index (χ4v) is 3.87. The molecule has 0 saturated heterocycles. The molecular weight excluding hydrogens is 268 g/mol. The molecule has 1 aromatic rings. The third-order valence-electron chi connectivity index (χ3n) is 3.73. The summed E-state index contributed by atoms with van der Waals surface area (Å²) in [5.41, 5.74) is 2.02. The first-order chi connectivity index (χ1) is 9.03. The van der Waals surface area contributed by atoms with Crippen LogP contribution in [0.15, 0.2) is 24.3 Å². The van der Waals surface area contributed by atoms with Crippen molar-refractivity contribution in [1.29, 1.82) is 0 Å². The van der Waals surface area contributed by atoms with E-state index in [0.717, 1.165) is 11.1 Å². The first-order valence-corrected chi connectivity index (χ1v) is 7.57. The third-order valence-corrected chi connectivity index (χ3v) is 4.70. The van der Waals surface area contributed by atoms with Gasteiger partial charge in [-0.05, 0) is 24.5 Å². The highest BCUT2D eigenvalue weighted by Gasteiger charge is 2.52. The minimum atomic E-state index is -4.09. The van der Waals surface area contributed by atoms with Crippen molar-refractivity contribution in [2.24, 2.45) is 0 Å². The average Bonchev–Trinajstić information content (AvgIpc) is 2.87. The van der Waals surface area contributed by atoms with Gasteiger partial charge < -0.3 is 0 Å². The second-order valence-corrected chi connectivity index (χ2v) is 6.00. The lowest BCUT2D eigenvalue weighted by atomic mass is 9.89. The van der Waals surface area contributed by atoms with E-state index in [1.807, 2.05) is 24.3 Å². The summed E-state index contributed by atoms with van der Waals surface area (Å²) in [6, 6.07) is 7.62. The van der Waals surface area contributed by atoms with E-state index >= 15 is 0 Å². The highest BCUT2D eigenvalue weighted by Crippen LogP contribution is 2.52. The lowest BCUT2D eigenvalue weighted by molar-refractivity contribution is -0.125. The van der Waals surface area contributed by atoms with E-state index < -0.39 is 16.5 Å². The maximum Gasteiger partial charge on any atom is 0.400 e. The second kappa shape index (κ2) is 4.40. The van der Waals surface area contributed by atoms with Crippen molar-refractivity contribution in [2.75, 3.05) is 6.61 Å². The number of rotatable bonds is 4. The van der Waals surface area contributed by atoms with Crippen molar-refractivity contribution < 1.29 is 21.6 Å². The van der Waals surface area contributed by atoms with Crippen molar-refractivity contribution in [2.45, 2.75) is 31.3 Å². The molecule has 0 amide bonds. The van der Waals surface area contributed by atoms with E-state index in [0.29, 0.717) is 6.42 Å². The summed E-state index contributed by atoms with van der Waals surface area (Å²) in [5, 5.41) is 0. The molecule has 0 aromatic heterocycles. The second-order valence-electron chi connectivity index (χ2n) is 4.76. The summed E-state index contributed by atoms with van der Waals surface area (Å²) in [6.45, 7) is 1.55. The number of Topliss-reactive ketones (excluding diaryl/α,β-unsaturated/α-hetero) is 1. The first kappa shape index (κ1) is 12.8. The largest absolute Gasteiger partial charge is 0.400 e. The molecule has 2 bridgehead atoms. The van der Waals surface area contributed by atoms with Crippen LogP contribution in [-0.4, -0.2) is 26.9 Å². The van der Waals surface area contributed by atoms with Crippen LogP contribution in [0.4, 0.5) is 0 Å². The number of carbonyl (C=O) groups excluding carboxylic acids is 1. The van der Waals surface area contributed by atoms with Gasteiger partial charge in [0.1, 0.15) is 6.10 Å². The standard InChI is InChI=1S/C13H14O5S/c1-2-17-19(15,16)18-13-11-7-10(12(13)14)8-5-3-4-6-9(8)11/h3-6,10-11,13H,2,7H2,1H3/t10-,11+,13+/m0/s1. The Bertz CT molecular complexity index is 622. The molecule has 6 heteroatoms. The van der Waals surface area contributed by atoms with E-state index in [4.69, 9.17) is 4.18 Å². The number of fused-ring (bicyclic) bond motifs is 5. The van der Waals surface area contributed by atoms with Gasteiger partial charge in [-0.2, -0.15) is 8.42 Å². The van der Waals surface area contributed by atoms with Crippen LogP contribution in [0, 0.1) is 0 Å². The smallest absolute Gasteiger partial charge is 0.296 e. The maximum atomic E-state index is 12.2. The average molecular weight is 282 g/mol. The van der Waals surface area contributed by atoms with Crippen molar-refractivity contribution in [1.82, 2.24) is 0 Å². The Kier molecular flexibility index (Phi) is 2.96. The molecule has 1 saturated carbocycles. The predicted octanol–water partition coefficient (Wildman–Crippen LogP) is 1.51. The van der Waals surface area contributed by atoms with E-state index in [1.165, 1.54) is 0 Å². The highest BCUT2D eigenvalue weighted by atomic mass is 32.3. The van der Waals surface area contributed by atoms with Gasteiger partial charge in [-0.25, -0.2) is 8.37 Å². The summed E-state index contributed by atoms with van der Waals surface area (Å²) in [5.74, 6) is -0.570. The minimum Gasteiger partial charge on any atom is -0.296 e. The molecule has 1 aromatic carbocycles. The van der Waals surface area contributed by atoms with Crippen LogP contribution in [0.1, 0.15) is 36.3 Å². The molecule has 0 N–H and O–H groups in total. The molecular formula is C13H14O5S. The van der Waals surface area contributed by atoms with Crippen molar-refractivity contribution in [3.63, 3.8) is 0 Å². The van der Waals surface area contributed by atoms with Gasteiger partial charge in [0.2, 0.25) is 0 Å².